The summed E-state index contributed by atoms with van der Waals surface area (Å²) in [5, 5.41) is 2.77. The van der Waals surface area contributed by atoms with E-state index in [0.717, 1.165) is 35.2 Å². The maximum Gasteiger partial charge on any atom is 0.256 e. The van der Waals surface area contributed by atoms with Gasteiger partial charge in [-0.3, -0.25) is 14.6 Å². The van der Waals surface area contributed by atoms with E-state index < -0.39 is 0 Å². The van der Waals surface area contributed by atoms with E-state index in [4.69, 9.17) is 0 Å². The minimum atomic E-state index is -0.250. The number of halogens is 1. The Hall–Kier alpha value is -4.19. The van der Waals surface area contributed by atoms with Crippen LogP contribution in [0.15, 0.2) is 82.8 Å². The Kier molecular flexibility index (Phi) is 12.2. The number of carbonyl (C=O) groups excluding carboxylic acids is 2. The molecule has 0 heterocycles. The number of hydrogen-bond acceptors (Lipinski definition) is 4. The fourth-order valence-corrected chi connectivity index (χ4v) is 3.71. The van der Waals surface area contributed by atoms with E-state index >= 15 is 0 Å². The molecule has 6 heteroatoms. The molecule has 0 spiro atoms. The molecule has 0 atom stereocenters. The highest BCUT2D eigenvalue weighted by Gasteiger charge is 2.08. The molecule has 5 nitrogen and oxygen atoms in total. The van der Waals surface area contributed by atoms with E-state index in [1.54, 1.807) is 52.1 Å². The molecule has 0 radical (unpaired) electrons. The molecule has 0 aliphatic rings. The van der Waals surface area contributed by atoms with Gasteiger partial charge in [0.1, 0.15) is 11.7 Å². The van der Waals surface area contributed by atoms with E-state index in [1.165, 1.54) is 18.6 Å². The quantitative estimate of drug-likeness (QED) is 0.199. The summed E-state index contributed by atoms with van der Waals surface area (Å²) in [6.07, 6.45) is 5.18. The second-order valence-corrected chi connectivity index (χ2v) is 9.20. The SMILES string of the molecule is CCc1cccc(C(/C=C\C(C)=O)=NC)c1.CCc1cccc(C(=O)NC(C)=Nc2cc(C)c(F)cc2C)c1. The first-order valence-electron chi connectivity index (χ1n) is 13.0. The largest absolute Gasteiger partial charge is 0.310 e. The Labute approximate surface area is 231 Å². The van der Waals surface area contributed by atoms with Crippen molar-refractivity contribution in [1.29, 1.82) is 0 Å². The van der Waals surface area contributed by atoms with Crippen molar-refractivity contribution in [3.05, 3.63) is 112 Å². The van der Waals surface area contributed by atoms with Crippen LogP contribution < -0.4 is 5.32 Å². The van der Waals surface area contributed by atoms with Crippen LogP contribution in [-0.2, 0) is 17.6 Å². The third-order valence-electron chi connectivity index (χ3n) is 6.01. The van der Waals surface area contributed by atoms with E-state index in [-0.39, 0.29) is 17.5 Å². The van der Waals surface area contributed by atoms with Crippen LogP contribution in [0.1, 0.15) is 65.9 Å². The Morgan fingerprint density at radius 2 is 1.44 bits per heavy atom. The normalized spacial score (nSPS) is 11.7. The van der Waals surface area contributed by atoms with E-state index in [9.17, 15) is 14.0 Å². The predicted octanol–water partition coefficient (Wildman–Crippen LogP) is 7.30. The lowest BCUT2D eigenvalue weighted by atomic mass is 10.0. The summed E-state index contributed by atoms with van der Waals surface area (Å²) in [6.45, 7) is 10.9. The molecular weight excluding hydrogens is 489 g/mol. The fraction of sp³-hybridized carbons (Fsp3) is 0.273. The molecule has 0 aliphatic heterocycles. The van der Waals surface area contributed by atoms with Crippen LogP contribution in [0.2, 0.25) is 0 Å². The molecule has 0 aliphatic carbocycles. The molecule has 204 valence electrons. The zero-order chi connectivity index (χ0) is 28.9. The van der Waals surface area contributed by atoms with Gasteiger partial charge in [-0.1, -0.05) is 44.2 Å². The Morgan fingerprint density at radius 1 is 0.846 bits per heavy atom. The molecule has 0 saturated heterocycles. The van der Waals surface area contributed by atoms with Crippen molar-refractivity contribution in [2.45, 2.75) is 54.4 Å². The molecule has 0 unspecified atom stereocenters. The van der Waals surface area contributed by atoms with Crippen LogP contribution in [-0.4, -0.2) is 30.3 Å². The van der Waals surface area contributed by atoms with Crippen LogP contribution in [0.4, 0.5) is 10.1 Å². The van der Waals surface area contributed by atoms with Crippen LogP contribution in [0.5, 0.6) is 0 Å². The monoisotopic (exact) mass is 527 g/mol. The number of carbonyl (C=O) groups is 2. The first-order chi connectivity index (χ1) is 18.6. The summed E-state index contributed by atoms with van der Waals surface area (Å²) in [5.41, 5.74) is 6.80. The van der Waals surface area contributed by atoms with Crippen LogP contribution in [0.25, 0.3) is 0 Å². The Bertz CT molecular complexity index is 1400. The van der Waals surface area contributed by atoms with Crippen molar-refractivity contribution in [2.75, 3.05) is 7.05 Å². The molecule has 0 saturated carbocycles. The van der Waals surface area contributed by atoms with Crippen molar-refractivity contribution in [2.24, 2.45) is 9.98 Å². The van der Waals surface area contributed by atoms with Crippen molar-refractivity contribution in [3.63, 3.8) is 0 Å². The number of rotatable bonds is 7. The molecule has 3 aromatic rings. The van der Waals surface area contributed by atoms with Gasteiger partial charge in [0.25, 0.3) is 5.91 Å². The number of amides is 1. The summed E-state index contributed by atoms with van der Waals surface area (Å²) in [4.78, 5) is 31.7. The number of nitrogens with zero attached hydrogens (tertiary/aromatic N) is 2. The van der Waals surface area contributed by atoms with Gasteiger partial charge < -0.3 is 5.32 Å². The second-order valence-electron chi connectivity index (χ2n) is 9.20. The number of aryl methyl sites for hydroxylation is 4. The van der Waals surface area contributed by atoms with Crippen molar-refractivity contribution in [3.8, 4) is 0 Å². The first kappa shape index (κ1) is 31.0. The summed E-state index contributed by atoms with van der Waals surface area (Å²) < 4.78 is 13.5. The molecule has 1 amide bonds. The Morgan fingerprint density at radius 3 is 2.00 bits per heavy atom. The number of ketones is 1. The maximum atomic E-state index is 13.5. The van der Waals surface area contributed by atoms with Gasteiger partial charge in [0.15, 0.2) is 5.78 Å². The standard InChI is InChI=1S/C19H21FN2O.C14H17NO/c1-5-15-7-6-8-16(11-15)19(23)22-14(4)21-18-10-12(2)17(20)9-13(18)3;1-4-12-6-5-7-13(10-12)14(15-3)9-8-11(2)16/h6-11H,5H2,1-4H3,(H,21,22,23);5-10H,4H2,1-3H3/b;9-8-,15-14?. The Balaban J connectivity index is 0.000000293. The highest BCUT2D eigenvalue weighted by molar-refractivity contribution is 6.11. The third-order valence-corrected chi connectivity index (χ3v) is 6.01. The van der Waals surface area contributed by atoms with Crippen molar-refractivity contribution < 1.29 is 14.0 Å². The number of amidine groups is 1. The van der Waals surface area contributed by atoms with Gasteiger partial charge in [-0.2, -0.15) is 0 Å². The van der Waals surface area contributed by atoms with Gasteiger partial charge in [-0.15, -0.1) is 0 Å². The lowest BCUT2D eigenvalue weighted by Crippen LogP contribution is -2.28. The predicted molar refractivity (Wildman–Crippen MR) is 160 cm³/mol. The maximum absolute atomic E-state index is 13.5. The summed E-state index contributed by atoms with van der Waals surface area (Å²) in [5.74, 6) is 0.0661. The zero-order valence-electron chi connectivity index (χ0n) is 23.9. The van der Waals surface area contributed by atoms with Gasteiger partial charge in [0, 0.05) is 12.6 Å². The molecule has 0 bridgehead atoms. The van der Waals surface area contributed by atoms with Gasteiger partial charge in [-0.25, -0.2) is 9.38 Å². The molecule has 0 aromatic heterocycles. The van der Waals surface area contributed by atoms with Crippen LogP contribution >= 0.6 is 0 Å². The number of aliphatic imine (C=N–C) groups is 2. The van der Waals surface area contributed by atoms with Gasteiger partial charge in [0.05, 0.1) is 11.4 Å². The molecule has 0 fully saturated rings. The fourth-order valence-electron chi connectivity index (χ4n) is 3.71. The summed E-state index contributed by atoms with van der Waals surface area (Å²) in [6, 6.07) is 18.8. The number of nitrogens with one attached hydrogen (secondary N) is 1. The lowest BCUT2D eigenvalue weighted by Gasteiger charge is -2.08. The second kappa shape index (κ2) is 15.3. The molecule has 39 heavy (non-hydrogen) atoms. The van der Waals surface area contributed by atoms with Crippen molar-refractivity contribution >= 4 is 28.9 Å². The van der Waals surface area contributed by atoms with Gasteiger partial charge >= 0.3 is 0 Å². The number of hydrogen-bond donors (Lipinski definition) is 1. The van der Waals surface area contributed by atoms with E-state index in [2.05, 4.69) is 34.4 Å². The van der Waals surface area contributed by atoms with Gasteiger partial charge in [-0.05, 0) is 111 Å². The minimum Gasteiger partial charge on any atom is -0.310 e. The number of benzene rings is 3. The smallest absolute Gasteiger partial charge is 0.256 e. The number of allylic oxidation sites excluding steroid dienone is 2. The first-order valence-corrected chi connectivity index (χ1v) is 13.0. The van der Waals surface area contributed by atoms with Gasteiger partial charge in [0.2, 0.25) is 0 Å². The van der Waals surface area contributed by atoms with Crippen LogP contribution in [0, 0.1) is 19.7 Å². The molecular formula is C33H38FN3O2. The molecule has 3 aromatic carbocycles. The summed E-state index contributed by atoms with van der Waals surface area (Å²) >= 11 is 0. The van der Waals surface area contributed by atoms with Crippen LogP contribution in [0.3, 0.4) is 0 Å². The zero-order valence-corrected chi connectivity index (χ0v) is 23.9. The molecule has 1 N–H and O–H groups in total. The molecule has 3 rings (SSSR count). The highest BCUT2D eigenvalue weighted by atomic mass is 19.1. The van der Waals surface area contributed by atoms with E-state index in [0.29, 0.717) is 22.6 Å². The summed E-state index contributed by atoms with van der Waals surface area (Å²) in [7, 11) is 1.73. The average molecular weight is 528 g/mol. The third kappa shape index (κ3) is 9.89. The topological polar surface area (TPSA) is 70.9 Å². The average Bonchev–Trinajstić information content (AvgIpc) is 2.92. The van der Waals surface area contributed by atoms with E-state index in [1.807, 2.05) is 37.3 Å². The minimum absolute atomic E-state index is 0.0350. The van der Waals surface area contributed by atoms with Crippen molar-refractivity contribution in [1.82, 2.24) is 5.32 Å². The lowest BCUT2D eigenvalue weighted by molar-refractivity contribution is -0.112. The highest BCUT2D eigenvalue weighted by Crippen LogP contribution is 2.22.